The third kappa shape index (κ3) is 4.29. The van der Waals surface area contributed by atoms with Gasteiger partial charge in [-0.1, -0.05) is 25.5 Å². The largest absolute Gasteiger partial charge is 0.417 e. The summed E-state index contributed by atoms with van der Waals surface area (Å²) in [5.74, 6) is -0.638. The highest BCUT2D eigenvalue weighted by molar-refractivity contribution is 6.10. The number of ketones is 1. The molecule has 0 N–H and O–H groups in total. The Balaban J connectivity index is 1.81. The molecule has 0 aliphatic heterocycles. The first-order valence-corrected chi connectivity index (χ1v) is 10.7. The van der Waals surface area contributed by atoms with Crippen molar-refractivity contribution in [2.45, 2.75) is 32.5 Å². The summed E-state index contributed by atoms with van der Waals surface area (Å²) in [6.07, 6.45) is -3.02. The van der Waals surface area contributed by atoms with E-state index in [4.69, 9.17) is 5.26 Å². The van der Waals surface area contributed by atoms with Gasteiger partial charge in [-0.15, -0.1) is 0 Å². The highest BCUT2D eigenvalue weighted by Crippen LogP contribution is 2.33. The molecule has 1 heterocycles. The molecular formula is C26H19F4N3O. The molecule has 0 unspecified atom stereocenters. The average Bonchev–Trinajstić information content (AvgIpc) is 3.18. The van der Waals surface area contributed by atoms with E-state index >= 15 is 0 Å². The van der Waals surface area contributed by atoms with Crippen LogP contribution in [0.15, 0.2) is 60.7 Å². The number of hydrogen-bond donors (Lipinski definition) is 0. The average molecular weight is 465 g/mol. The van der Waals surface area contributed by atoms with Crippen molar-refractivity contribution in [3.8, 4) is 17.5 Å². The molecule has 1 aromatic heterocycles. The molecule has 0 amide bonds. The van der Waals surface area contributed by atoms with Crippen LogP contribution in [0.5, 0.6) is 0 Å². The number of fused-ring (bicyclic) bond motifs is 1. The summed E-state index contributed by atoms with van der Waals surface area (Å²) in [7, 11) is 0. The molecule has 0 spiro atoms. The molecule has 0 bridgehead atoms. The van der Waals surface area contributed by atoms with E-state index in [1.54, 1.807) is 24.3 Å². The van der Waals surface area contributed by atoms with E-state index < -0.39 is 28.9 Å². The number of aryl methyl sites for hydroxylation is 1. The molecule has 4 rings (SSSR count). The standard InChI is InChI=1S/C26H19F4N3O/c1-2-3-12-33-23-11-10-17(14-22(23)32-25(33)19-6-4-5-7-21(19)27)24(34)16-8-9-18(15-31)20(13-16)26(28,29)30/h4-11,13-14H,2-3,12H2,1H3. The minimum Gasteiger partial charge on any atom is -0.324 e. The Hall–Kier alpha value is -3.99. The highest BCUT2D eigenvalue weighted by atomic mass is 19.4. The molecule has 34 heavy (non-hydrogen) atoms. The van der Waals surface area contributed by atoms with Gasteiger partial charge in [-0.25, -0.2) is 9.37 Å². The maximum atomic E-state index is 14.5. The van der Waals surface area contributed by atoms with Crippen LogP contribution in [-0.4, -0.2) is 15.3 Å². The Labute approximate surface area is 193 Å². The second kappa shape index (κ2) is 9.10. The fraction of sp³-hybridized carbons (Fsp3) is 0.192. The summed E-state index contributed by atoms with van der Waals surface area (Å²) >= 11 is 0. The lowest BCUT2D eigenvalue weighted by molar-refractivity contribution is -0.137. The second-order valence-electron chi connectivity index (χ2n) is 7.82. The summed E-state index contributed by atoms with van der Waals surface area (Å²) in [6, 6.07) is 15.3. The van der Waals surface area contributed by atoms with Crippen LogP contribution in [0.2, 0.25) is 0 Å². The fourth-order valence-electron chi connectivity index (χ4n) is 3.85. The smallest absolute Gasteiger partial charge is 0.324 e. The van der Waals surface area contributed by atoms with Gasteiger partial charge in [-0.2, -0.15) is 18.4 Å². The van der Waals surface area contributed by atoms with Crippen molar-refractivity contribution in [1.29, 1.82) is 5.26 Å². The Kier molecular flexibility index (Phi) is 6.20. The van der Waals surface area contributed by atoms with Crippen molar-refractivity contribution < 1.29 is 22.4 Å². The summed E-state index contributed by atoms with van der Waals surface area (Å²) in [5, 5.41) is 8.98. The minimum atomic E-state index is -4.77. The molecule has 172 valence electrons. The number of rotatable bonds is 6. The number of halogens is 4. The lowest BCUT2D eigenvalue weighted by atomic mass is 9.98. The number of aromatic nitrogens is 2. The number of benzene rings is 3. The molecule has 4 aromatic rings. The molecule has 0 aliphatic carbocycles. The van der Waals surface area contributed by atoms with Crippen molar-refractivity contribution in [3.05, 3.63) is 88.7 Å². The number of alkyl halides is 3. The molecule has 0 radical (unpaired) electrons. The highest BCUT2D eigenvalue weighted by Gasteiger charge is 2.34. The summed E-state index contributed by atoms with van der Waals surface area (Å²) in [6.45, 7) is 2.62. The van der Waals surface area contributed by atoms with E-state index in [9.17, 15) is 22.4 Å². The van der Waals surface area contributed by atoms with Gasteiger partial charge >= 0.3 is 6.18 Å². The number of unbranched alkanes of at least 4 members (excludes halogenated alkanes) is 1. The van der Waals surface area contributed by atoms with Crippen LogP contribution in [0.25, 0.3) is 22.4 Å². The SMILES string of the molecule is CCCCn1c(-c2ccccc2F)nc2cc(C(=O)c3ccc(C#N)c(C(F)(F)F)c3)ccc21. The molecule has 0 aliphatic rings. The molecule has 8 heteroatoms. The number of imidazole rings is 1. The van der Waals surface area contributed by atoms with Gasteiger partial charge in [-0.05, 0) is 55.0 Å². The maximum Gasteiger partial charge on any atom is 0.417 e. The van der Waals surface area contributed by atoms with Crippen molar-refractivity contribution in [2.24, 2.45) is 0 Å². The second-order valence-corrected chi connectivity index (χ2v) is 7.82. The van der Waals surface area contributed by atoms with Crippen LogP contribution in [0, 0.1) is 17.1 Å². The van der Waals surface area contributed by atoms with Crippen LogP contribution < -0.4 is 0 Å². The zero-order valence-corrected chi connectivity index (χ0v) is 18.2. The molecule has 0 atom stereocenters. The molecular weight excluding hydrogens is 446 g/mol. The minimum absolute atomic E-state index is 0.144. The van der Waals surface area contributed by atoms with Gasteiger partial charge in [0.05, 0.1) is 33.8 Å². The number of nitriles is 1. The Morgan fingerprint density at radius 3 is 2.44 bits per heavy atom. The first kappa shape index (κ1) is 23.2. The van der Waals surface area contributed by atoms with Gasteiger partial charge in [0.1, 0.15) is 11.6 Å². The normalized spacial score (nSPS) is 11.5. The van der Waals surface area contributed by atoms with E-state index in [1.165, 1.54) is 30.3 Å². The molecule has 0 fully saturated rings. The zero-order chi connectivity index (χ0) is 24.5. The maximum absolute atomic E-state index is 14.5. The van der Waals surface area contributed by atoms with Gasteiger partial charge in [0.25, 0.3) is 0 Å². The predicted molar refractivity (Wildman–Crippen MR) is 120 cm³/mol. The van der Waals surface area contributed by atoms with Crippen molar-refractivity contribution >= 4 is 16.8 Å². The monoisotopic (exact) mass is 465 g/mol. The zero-order valence-electron chi connectivity index (χ0n) is 18.2. The van der Waals surface area contributed by atoms with Crippen molar-refractivity contribution in [2.75, 3.05) is 0 Å². The molecule has 4 nitrogen and oxygen atoms in total. The van der Waals surface area contributed by atoms with E-state index in [0.717, 1.165) is 18.9 Å². The van der Waals surface area contributed by atoms with E-state index in [1.807, 2.05) is 11.5 Å². The van der Waals surface area contributed by atoms with E-state index in [-0.39, 0.29) is 11.1 Å². The van der Waals surface area contributed by atoms with Crippen LogP contribution in [-0.2, 0) is 12.7 Å². The topological polar surface area (TPSA) is 58.7 Å². The number of nitrogens with zero attached hydrogens (tertiary/aromatic N) is 3. The predicted octanol–water partition coefficient (Wildman–Crippen LogP) is 6.76. The lowest BCUT2D eigenvalue weighted by Gasteiger charge is -2.11. The third-order valence-electron chi connectivity index (χ3n) is 5.57. The van der Waals surface area contributed by atoms with Crippen LogP contribution >= 0.6 is 0 Å². The van der Waals surface area contributed by atoms with Crippen molar-refractivity contribution in [3.63, 3.8) is 0 Å². The quantitative estimate of drug-likeness (QED) is 0.233. The molecule has 0 saturated carbocycles. The molecule has 0 saturated heterocycles. The van der Waals surface area contributed by atoms with Gasteiger partial charge in [0.2, 0.25) is 0 Å². The fourth-order valence-corrected chi connectivity index (χ4v) is 3.85. The van der Waals surface area contributed by atoms with Gasteiger partial charge in [0.15, 0.2) is 5.78 Å². The first-order valence-electron chi connectivity index (χ1n) is 10.7. The Morgan fingerprint density at radius 1 is 1.06 bits per heavy atom. The first-order chi connectivity index (χ1) is 16.2. The number of carbonyl (C=O) groups excluding carboxylic acids is 1. The Bertz CT molecular complexity index is 1430. The van der Waals surface area contributed by atoms with E-state index in [2.05, 4.69) is 4.98 Å². The van der Waals surface area contributed by atoms with Crippen LogP contribution in [0.3, 0.4) is 0 Å². The summed E-state index contributed by atoms with van der Waals surface area (Å²) in [4.78, 5) is 17.6. The van der Waals surface area contributed by atoms with Gasteiger partial charge < -0.3 is 4.57 Å². The Morgan fingerprint density at radius 2 is 1.76 bits per heavy atom. The lowest BCUT2D eigenvalue weighted by Crippen LogP contribution is -2.11. The summed E-state index contributed by atoms with van der Waals surface area (Å²) in [5.41, 5.74) is -0.305. The molecule has 3 aromatic carbocycles. The van der Waals surface area contributed by atoms with Crippen LogP contribution in [0.4, 0.5) is 17.6 Å². The van der Waals surface area contributed by atoms with E-state index in [0.29, 0.717) is 35.0 Å². The summed E-state index contributed by atoms with van der Waals surface area (Å²) < 4.78 is 56.4. The third-order valence-corrected chi connectivity index (χ3v) is 5.57. The van der Waals surface area contributed by atoms with Gasteiger partial charge in [-0.3, -0.25) is 4.79 Å². The van der Waals surface area contributed by atoms with Crippen molar-refractivity contribution in [1.82, 2.24) is 9.55 Å². The van der Waals surface area contributed by atoms with Crippen LogP contribution in [0.1, 0.15) is 46.8 Å². The van der Waals surface area contributed by atoms with Gasteiger partial charge in [0, 0.05) is 17.7 Å². The number of carbonyl (C=O) groups is 1. The number of hydrogen-bond acceptors (Lipinski definition) is 3.